The highest BCUT2D eigenvalue weighted by Crippen LogP contribution is 2.36. The number of rotatable bonds is 5. The molecule has 2 unspecified atom stereocenters. The van der Waals surface area contributed by atoms with Crippen LogP contribution in [0.4, 0.5) is 13.6 Å². The van der Waals surface area contributed by atoms with Crippen LogP contribution in [0.15, 0.2) is 42.5 Å². The molecule has 6 nitrogen and oxygen atoms in total. The van der Waals surface area contributed by atoms with Gasteiger partial charge in [0.2, 0.25) is 0 Å². The predicted octanol–water partition coefficient (Wildman–Crippen LogP) is 3.97. The Morgan fingerprint density at radius 1 is 1.10 bits per heavy atom. The van der Waals surface area contributed by atoms with Crippen LogP contribution in [0.1, 0.15) is 28.8 Å². The van der Waals surface area contributed by atoms with Crippen LogP contribution < -0.4 is 4.74 Å². The molecule has 2 fully saturated rings. The van der Waals surface area contributed by atoms with E-state index >= 15 is 0 Å². The molecule has 2 saturated heterocycles. The molecule has 2 aliphatic rings. The van der Waals surface area contributed by atoms with Gasteiger partial charge in [0.05, 0.1) is 38.0 Å². The van der Waals surface area contributed by atoms with E-state index in [2.05, 4.69) is 0 Å². The average molecular weight is 431 g/mol. The second-order valence-electron chi connectivity index (χ2n) is 7.79. The van der Waals surface area contributed by atoms with Crippen LogP contribution >= 0.6 is 0 Å². The first-order valence-corrected chi connectivity index (χ1v) is 10.1. The third kappa shape index (κ3) is 4.39. The minimum Gasteiger partial charge on any atom is -0.493 e. The van der Waals surface area contributed by atoms with Gasteiger partial charge in [0, 0.05) is 12.0 Å². The molecule has 0 spiro atoms. The summed E-state index contributed by atoms with van der Waals surface area (Å²) in [6.45, 7) is 0.698. The quantitative estimate of drug-likeness (QED) is 0.671. The van der Waals surface area contributed by atoms with Crippen molar-refractivity contribution < 1.29 is 32.6 Å². The molecule has 2 aromatic carbocycles. The summed E-state index contributed by atoms with van der Waals surface area (Å²) in [5, 5.41) is 0. The van der Waals surface area contributed by atoms with Crippen LogP contribution in [-0.4, -0.2) is 49.2 Å². The molecule has 0 saturated carbocycles. The molecule has 2 aromatic rings. The van der Waals surface area contributed by atoms with Gasteiger partial charge >= 0.3 is 6.09 Å². The molecule has 0 aromatic heterocycles. The number of amides is 1. The number of fused-ring (bicyclic) bond motifs is 2. The van der Waals surface area contributed by atoms with Crippen LogP contribution in [-0.2, 0) is 16.1 Å². The van der Waals surface area contributed by atoms with Gasteiger partial charge in [-0.25, -0.2) is 13.6 Å². The molecule has 8 heteroatoms. The lowest BCUT2D eigenvalue weighted by molar-refractivity contribution is -0.0755. The maximum absolute atomic E-state index is 14.1. The topological polar surface area (TPSA) is 65.1 Å². The van der Waals surface area contributed by atoms with Gasteiger partial charge in [-0.1, -0.05) is 30.3 Å². The lowest BCUT2D eigenvalue weighted by Gasteiger charge is -2.47. The Morgan fingerprint density at radius 3 is 2.42 bits per heavy atom. The van der Waals surface area contributed by atoms with Crippen molar-refractivity contribution in [3.05, 3.63) is 65.2 Å². The predicted molar refractivity (Wildman–Crippen MR) is 107 cm³/mol. The number of hydrogen-bond acceptors (Lipinski definition) is 5. The number of ketones is 1. The highest BCUT2D eigenvalue weighted by molar-refractivity contribution is 6.00. The number of piperidine rings is 1. The number of ether oxygens (including phenoxy) is 3. The van der Waals surface area contributed by atoms with E-state index in [4.69, 9.17) is 14.2 Å². The van der Waals surface area contributed by atoms with Crippen molar-refractivity contribution in [3.63, 3.8) is 0 Å². The standard InChI is InChI=1S/C23H23F2NO5/c1-29-22-19(9-16(24)10-20(22)25)21(27)15-7-17-12-30-13-18(8-15)26(17)23(28)31-11-14-5-3-2-4-6-14/h2-6,9-10,15,17-18H,7-8,11-13H2,1H3. The average Bonchev–Trinajstić information content (AvgIpc) is 2.76. The molecule has 2 aliphatic heterocycles. The van der Waals surface area contributed by atoms with Crippen molar-refractivity contribution in [2.24, 2.45) is 5.92 Å². The fourth-order valence-corrected chi connectivity index (χ4v) is 4.39. The SMILES string of the molecule is COc1c(F)cc(F)cc1C(=O)C1CC2COCC(C1)N2C(=O)OCc1ccccc1. The minimum atomic E-state index is -0.920. The number of benzene rings is 2. The smallest absolute Gasteiger partial charge is 0.410 e. The fourth-order valence-electron chi connectivity index (χ4n) is 4.39. The van der Waals surface area contributed by atoms with Crippen LogP contribution in [0.5, 0.6) is 5.75 Å². The van der Waals surface area contributed by atoms with Crippen LogP contribution in [0.25, 0.3) is 0 Å². The molecular weight excluding hydrogens is 408 g/mol. The lowest BCUT2D eigenvalue weighted by atomic mass is 9.80. The van der Waals surface area contributed by atoms with Crippen molar-refractivity contribution in [2.75, 3.05) is 20.3 Å². The Kier molecular flexibility index (Phi) is 6.18. The zero-order valence-electron chi connectivity index (χ0n) is 17.1. The Hall–Kier alpha value is -3.00. The third-order valence-electron chi connectivity index (χ3n) is 5.79. The molecule has 2 heterocycles. The highest BCUT2D eigenvalue weighted by atomic mass is 19.1. The number of morpholine rings is 1. The summed E-state index contributed by atoms with van der Waals surface area (Å²) < 4.78 is 43.9. The van der Waals surface area contributed by atoms with Crippen LogP contribution in [0.3, 0.4) is 0 Å². The minimum absolute atomic E-state index is 0.121. The first-order chi connectivity index (χ1) is 15.0. The molecule has 0 N–H and O–H groups in total. The molecule has 1 amide bonds. The second-order valence-corrected chi connectivity index (χ2v) is 7.79. The van der Waals surface area contributed by atoms with Gasteiger partial charge in [0.25, 0.3) is 0 Å². The normalized spacial score (nSPS) is 22.7. The summed E-state index contributed by atoms with van der Waals surface area (Å²) in [6.07, 6.45) is 0.177. The van der Waals surface area contributed by atoms with Crippen LogP contribution in [0.2, 0.25) is 0 Å². The second kappa shape index (κ2) is 9.01. The summed E-state index contributed by atoms with van der Waals surface area (Å²) >= 11 is 0. The van der Waals surface area contributed by atoms with Gasteiger partial charge in [0.15, 0.2) is 17.3 Å². The Bertz CT molecular complexity index is 954. The fraction of sp³-hybridized carbons (Fsp3) is 0.391. The summed E-state index contributed by atoms with van der Waals surface area (Å²) in [5.41, 5.74) is 0.756. The Morgan fingerprint density at radius 2 is 1.77 bits per heavy atom. The maximum atomic E-state index is 14.1. The van der Waals surface area contributed by atoms with Crippen molar-refractivity contribution in [2.45, 2.75) is 31.5 Å². The number of hydrogen-bond donors (Lipinski definition) is 0. The van der Waals surface area contributed by atoms with E-state index in [9.17, 15) is 18.4 Å². The first kappa shape index (κ1) is 21.2. The van der Waals surface area contributed by atoms with Crippen molar-refractivity contribution in [1.82, 2.24) is 4.90 Å². The number of carbonyl (C=O) groups is 2. The van der Waals surface area contributed by atoms with Crippen molar-refractivity contribution >= 4 is 11.9 Å². The number of halogens is 2. The summed E-state index contributed by atoms with van der Waals surface area (Å²) in [5.74, 6) is -2.93. The highest BCUT2D eigenvalue weighted by Gasteiger charge is 2.45. The monoisotopic (exact) mass is 431 g/mol. The third-order valence-corrected chi connectivity index (χ3v) is 5.79. The van der Waals surface area contributed by atoms with Crippen molar-refractivity contribution in [3.8, 4) is 5.75 Å². The van der Waals surface area contributed by atoms with Gasteiger partial charge in [-0.2, -0.15) is 0 Å². The van der Waals surface area contributed by atoms with E-state index in [-0.39, 0.29) is 43.2 Å². The number of methoxy groups -OCH3 is 1. The largest absolute Gasteiger partial charge is 0.493 e. The molecule has 4 rings (SSSR count). The van der Waals surface area contributed by atoms with E-state index in [1.165, 1.54) is 7.11 Å². The summed E-state index contributed by atoms with van der Waals surface area (Å²) in [6, 6.07) is 10.3. The zero-order valence-corrected chi connectivity index (χ0v) is 17.1. The van der Waals surface area contributed by atoms with E-state index < -0.39 is 29.4 Å². The first-order valence-electron chi connectivity index (χ1n) is 10.1. The van der Waals surface area contributed by atoms with Gasteiger partial charge in [-0.15, -0.1) is 0 Å². The zero-order chi connectivity index (χ0) is 22.0. The van der Waals surface area contributed by atoms with Gasteiger partial charge in [0.1, 0.15) is 12.4 Å². The van der Waals surface area contributed by atoms with E-state index in [0.717, 1.165) is 11.6 Å². The number of nitrogens with zero attached hydrogens (tertiary/aromatic N) is 1. The van der Waals surface area contributed by atoms with Gasteiger partial charge in [-0.05, 0) is 24.5 Å². The molecule has 0 aliphatic carbocycles. The van der Waals surface area contributed by atoms with Gasteiger partial charge < -0.3 is 14.2 Å². The van der Waals surface area contributed by atoms with E-state index in [1.807, 2.05) is 30.3 Å². The van der Waals surface area contributed by atoms with E-state index in [1.54, 1.807) is 4.90 Å². The maximum Gasteiger partial charge on any atom is 0.410 e. The lowest BCUT2D eigenvalue weighted by Crippen LogP contribution is -2.59. The van der Waals surface area contributed by atoms with E-state index in [0.29, 0.717) is 18.9 Å². The Labute approximate surface area is 178 Å². The van der Waals surface area contributed by atoms with Gasteiger partial charge in [-0.3, -0.25) is 9.69 Å². The Balaban J connectivity index is 1.48. The van der Waals surface area contributed by atoms with Crippen molar-refractivity contribution in [1.29, 1.82) is 0 Å². The summed E-state index contributed by atoms with van der Waals surface area (Å²) in [4.78, 5) is 27.5. The molecule has 31 heavy (non-hydrogen) atoms. The molecule has 2 bridgehead atoms. The number of Topliss-reactive ketones (excluding diaryl/α,β-unsaturated/α-hetero) is 1. The van der Waals surface area contributed by atoms with Crippen LogP contribution in [0, 0.1) is 17.6 Å². The molecule has 0 radical (unpaired) electrons. The molecule has 164 valence electrons. The molecule has 2 atom stereocenters. The number of carbonyl (C=O) groups excluding carboxylic acids is 2. The summed E-state index contributed by atoms with van der Waals surface area (Å²) in [7, 11) is 1.24. The molecular formula is C23H23F2NO5.